The van der Waals surface area contributed by atoms with Crippen LogP contribution >= 0.6 is 11.6 Å². The summed E-state index contributed by atoms with van der Waals surface area (Å²) in [6.07, 6.45) is -1.25. The number of imide groups is 1. The van der Waals surface area contributed by atoms with E-state index in [1.807, 2.05) is 0 Å². The van der Waals surface area contributed by atoms with Crippen molar-refractivity contribution >= 4 is 23.6 Å². The molecule has 0 spiro atoms. The first-order chi connectivity index (χ1) is 10.6. The van der Waals surface area contributed by atoms with Crippen molar-refractivity contribution in [2.45, 2.75) is 6.10 Å². The molecule has 0 radical (unpaired) electrons. The second-order valence-electron chi connectivity index (χ2n) is 4.50. The zero-order valence-corrected chi connectivity index (χ0v) is 13.0. The number of halogens is 1. The number of carbonyl (C=O) groups excluding carboxylic acids is 2. The van der Waals surface area contributed by atoms with E-state index in [-0.39, 0.29) is 19.0 Å². The SMILES string of the molecule is COc1cc(OC)cc(OCC2CN(C(=O)CCl)C(=O)O2)c1. The minimum absolute atomic E-state index is 0.105. The van der Waals surface area contributed by atoms with Crippen LogP contribution in [0.4, 0.5) is 4.79 Å². The van der Waals surface area contributed by atoms with E-state index in [0.717, 1.165) is 4.90 Å². The van der Waals surface area contributed by atoms with Gasteiger partial charge in [-0.2, -0.15) is 0 Å². The lowest BCUT2D eigenvalue weighted by atomic mass is 10.3. The maximum Gasteiger partial charge on any atom is 0.417 e. The third kappa shape index (κ3) is 3.73. The molecular weight excluding hydrogens is 314 g/mol. The van der Waals surface area contributed by atoms with E-state index in [4.69, 9.17) is 30.5 Å². The highest BCUT2D eigenvalue weighted by Crippen LogP contribution is 2.27. The Morgan fingerprint density at radius 1 is 1.27 bits per heavy atom. The predicted octanol–water partition coefficient (Wildman–Crippen LogP) is 1.67. The number of hydrogen-bond acceptors (Lipinski definition) is 6. The second-order valence-corrected chi connectivity index (χ2v) is 4.77. The van der Waals surface area contributed by atoms with Crippen LogP contribution in [0, 0.1) is 0 Å². The first-order valence-corrected chi connectivity index (χ1v) is 7.03. The number of rotatable bonds is 6. The number of carbonyl (C=O) groups is 2. The van der Waals surface area contributed by atoms with Crippen LogP contribution in [0.2, 0.25) is 0 Å². The summed E-state index contributed by atoms with van der Waals surface area (Å²) in [5, 5.41) is 0. The lowest BCUT2D eigenvalue weighted by Gasteiger charge is -2.13. The molecule has 7 nitrogen and oxygen atoms in total. The molecule has 0 saturated carbocycles. The Hall–Kier alpha value is -2.15. The number of benzene rings is 1. The first kappa shape index (κ1) is 16.2. The maximum absolute atomic E-state index is 11.5. The molecular formula is C14H16ClNO6. The standard InChI is InChI=1S/C14H16ClNO6/c1-19-9-3-10(20-2)5-11(4-9)21-8-12-7-16(13(17)6-15)14(18)22-12/h3-5,12H,6-8H2,1-2H3. The van der Waals surface area contributed by atoms with Crippen molar-refractivity contribution in [1.82, 2.24) is 4.90 Å². The van der Waals surface area contributed by atoms with E-state index < -0.39 is 18.1 Å². The van der Waals surface area contributed by atoms with E-state index in [9.17, 15) is 9.59 Å². The summed E-state index contributed by atoms with van der Waals surface area (Å²) in [6.45, 7) is 0.222. The van der Waals surface area contributed by atoms with Gasteiger partial charge < -0.3 is 18.9 Å². The molecule has 1 aromatic carbocycles. The van der Waals surface area contributed by atoms with Crippen molar-refractivity contribution in [3.63, 3.8) is 0 Å². The molecule has 1 unspecified atom stereocenters. The molecule has 22 heavy (non-hydrogen) atoms. The average molecular weight is 330 g/mol. The highest BCUT2D eigenvalue weighted by molar-refractivity contribution is 6.28. The van der Waals surface area contributed by atoms with Gasteiger partial charge in [-0.15, -0.1) is 11.6 Å². The Labute approximate surface area is 132 Å². The highest BCUT2D eigenvalue weighted by Gasteiger charge is 2.35. The number of hydrogen-bond donors (Lipinski definition) is 0. The lowest BCUT2D eigenvalue weighted by Crippen LogP contribution is -2.33. The molecule has 120 valence electrons. The Morgan fingerprint density at radius 2 is 1.86 bits per heavy atom. The minimum Gasteiger partial charge on any atom is -0.496 e. The van der Waals surface area contributed by atoms with Gasteiger partial charge in [-0.25, -0.2) is 9.69 Å². The van der Waals surface area contributed by atoms with Gasteiger partial charge >= 0.3 is 6.09 Å². The number of methoxy groups -OCH3 is 2. The topological polar surface area (TPSA) is 74.3 Å². The third-order valence-corrected chi connectivity index (χ3v) is 3.28. The molecule has 1 atom stereocenters. The van der Waals surface area contributed by atoms with Crippen LogP contribution in [0.15, 0.2) is 18.2 Å². The van der Waals surface area contributed by atoms with Gasteiger partial charge in [0.05, 0.1) is 20.8 Å². The van der Waals surface area contributed by atoms with Crippen LogP contribution < -0.4 is 14.2 Å². The normalized spacial score (nSPS) is 17.1. The lowest BCUT2D eigenvalue weighted by molar-refractivity contribution is -0.125. The summed E-state index contributed by atoms with van der Waals surface area (Å²) in [5.41, 5.74) is 0. The van der Waals surface area contributed by atoms with Gasteiger partial charge in [0.1, 0.15) is 29.7 Å². The Morgan fingerprint density at radius 3 is 2.41 bits per heavy atom. The fourth-order valence-corrected chi connectivity index (χ4v) is 2.08. The van der Waals surface area contributed by atoms with Gasteiger partial charge in [0.25, 0.3) is 0 Å². The van der Waals surface area contributed by atoms with Crippen molar-refractivity contribution in [3.05, 3.63) is 18.2 Å². The summed E-state index contributed by atoms with van der Waals surface area (Å²) in [4.78, 5) is 23.9. The van der Waals surface area contributed by atoms with Crippen LogP contribution in [0.25, 0.3) is 0 Å². The van der Waals surface area contributed by atoms with E-state index in [2.05, 4.69) is 0 Å². The molecule has 2 amide bonds. The largest absolute Gasteiger partial charge is 0.496 e. The summed E-state index contributed by atoms with van der Waals surface area (Å²) in [6, 6.07) is 5.07. The van der Waals surface area contributed by atoms with Gasteiger partial charge in [-0.3, -0.25) is 4.79 Å². The summed E-state index contributed by atoms with van der Waals surface area (Å²) >= 11 is 5.43. The van der Waals surface area contributed by atoms with Gasteiger partial charge in [0.2, 0.25) is 5.91 Å². The van der Waals surface area contributed by atoms with Gasteiger partial charge in [-0.05, 0) is 0 Å². The minimum atomic E-state index is -0.706. The van der Waals surface area contributed by atoms with E-state index in [1.54, 1.807) is 18.2 Å². The third-order valence-electron chi connectivity index (χ3n) is 3.05. The van der Waals surface area contributed by atoms with Gasteiger partial charge in [-0.1, -0.05) is 0 Å². The second kappa shape index (κ2) is 7.22. The highest BCUT2D eigenvalue weighted by atomic mass is 35.5. The Kier molecular flexibility index (Phi) is 5.32. The van der Waals surface area contributed by atoms with E-state index >= 15 is 0 Å². The average Bonchev–Trinajstić information content (AvgIpc) is 2.92. The summed E-state index contributed by atoms with van der Waals surface area (Å²) < 4.78 is 20.9. The van der Waals surface area contributed by atoms with Crippen molar-refractivity contribution < 1.29 is 28.5 Å². The molecule has 0 N–H and O–H groups in total. The van der Waals surface area contributed by atoms with Crippen LogP contribution in [0.5, 0.6) is 17.2 Å². The smallest absolute Gasteiger partial charge is 0.417 e. The molecule has 8 heteroatoms. The fourth-order valence-electron chi connectivity index (χ4n) is 1.94. The molecule has 1 heterocycles. The molecule has 1 saturated heterocycles. The van der Waals surface area contributed by atoms with E-state index in [1.165, 1.54) is 14.2 Å². The molecule has 1 aliphatic rings. The Balaban J connectivity index is 1.96. The van der Waals surface area contributed by atoms with Crippen molar-refractivity contribution in [2.75, 3.05) is 33.3 Å². The van der Waals surface area contributed by atoms with Crippen LogP contribution in [0.1, 0.15) is 0 Å². The zero-order chi connectivity index (χ0) is 16.1. The van der Waals surface area contributed by atoms with Crippen LogP contribution in [-0.4, -0.2) is 56.3 Å². The molecule has 1 fully saturated rings. The quantitative estimate of drug-likeness (QED) is 0.739. The molecule has 0 aromatic heterocycles. The molecule has 0 bridgehead atoms. The van der Waals surface area contributed by atoms with Gasteiger partial charge in [0.15, 0.2) is 6.10 Å². The number of nitrogens with zero attached hydrogens (tertiary/aromatic N) is 1. The monoisotopic (exact) mass is 329 g/mol. The van der Waals surface area contributed by atoms with Crippen molar-refractivity contribution in [1.29, 1.82) is 0 Å². The van der Waals surface area contributed by atoms with Crippen molar-refractivity contribution in [3.8, 4) is 17.2 Å². The molecule has 2 rings (SSSR count). The van der Waals surface area contributed by atoms with Gasteiger partial charge in [0, 0.05) is 18.2 Å². The molecule has 0 aliphatic carbocycles. The zero-order valence-electron chi connectivity index (χ0n) is 12.2. The predicted molar refractivity (Wildman–Crippen MR) is 77.7 cm³/mol. The molecule has 1 aromatic rings. The maximum atomic E-state index is 11.5. The van der Waals surface area contributed by atoms with E-state index in [0.29, 0.717) is 17.2 Å². The Bertz CT molecular complexity index is 542. The van der Waals surface area contributed by atoms with Crippen LogP contribution in [-0.2, 0) is 9.53 Å². The summed E-state index contributed by atoms with van der Waals surface area (Å²) in [7, 11) is 3.07. The van der Waals surface area contributed by atoms with Crippen molar-refractivity contribution in [2.24, 2.45) is 0 Å². The number of alkyl halides is 1. The number of amides is 2. The first-order valence-electron chi connectivity index (χ1n) is 6.50. The summed E-state index contributed by atoms with van der Waals surface area (Å²) in [5.74, 6) is 0.912. The van der Waals surface area contributed by atoms with Crippen LogP contribution in [0.3, 0.4) is 0 Å². The number of cyclic esters (lactones) is 1. The number of ether oxygens (including phenoxy) is 4. The molecule has 1 aliphatic heterocycles. The fraction of sp³-hybridized carbons (Fsp3) is 0.429.